The predicted octanol–water partition coefficient (Wildman–Crippen LogP) is 6.10. The molecule has 0 radical (unpaired) electrons. The summed E-state index contributed by atoms with van der Waals surface area (Å²) in [5, 5.41) is 9.18. The fraction of sp³-hybridized carbons (Fsp3) is 0.542. The molecule has 0 aliphatic heterocycles. The van der Waals surface area contributed by atoms with E-state index in [0.29, 0.717) is 6.42 Å². The van der Waals surface area contributed by atoms with Gasteiger partial charge >= 0.3 is 0 Å². The quantitative estimate of drug-likeness (QED) is 0.314. The van der Waals surface area contributed by atoms with Crippen molar-refractivity contribution in [1.82, 2.24) is 0 Å². The largest absolute Gasteiger partial charge is 0.472 e. The summed E-state index contributed by atoms with van der Waals surface area (Å²) in [6.45, 7) is 5.86. The van der Waals surface area contributed by atoms with Gasteiger partial charge in [0.05, 0.1) is 24.2 Å². The minimum Gasteiger partial charge on any atom is -0.472 e. The number of alkyl halides is 1. The molecular formula is C24H33ClO4. The van der Waals surface area contributed by atoms with Crippen molar-refractivity contribution in [2.45, 2.75) is 77.2 Å². The van der Waals surface area contributed by atoms with E-state index in [1.165, 1.54) is 11.1 Å². The number of carbonyl (C=O) groups is 1. The molecule has 29 heavy (non-hydrogen) atoms. The molecule has 1 N–H and O–H groups in total. The number of Topliss-reactive ketones (excluding diaryl/α,β-unsaturated/α-hetero) is 1. The highest BCUT2D eigenvalue weighted by Gasteiger charge is 2.21. The van der Waals surface area contributed by atoms with Crippen LogP contribution in [0.4, 0.5) is 0 Å². The van der Waals surface area contributed by atoms with Crippen LogP contribution in [0.2, 0.25) is 0 Å². The Kier molecular flexibility index (Phi) is 9.75. The number of hydrogen-bond donors (Lipinski definition) is 1. The molecule has 0 saturated heterocycles. The molecule has 2 aromatic rings. The molecule has 2 heterocycles. The van der Waals surface area contributed by atoms with Crippen LogP contribution in [-0.4, -0.2) is 22.4 Å². The summed E-state index contributed by atoms with van der Waals surface area (Å²) >= 11 is 5.79. The van der Waals surface area contributed by atoms with Gasteiger partial charge in [0.25, 0.3) is 0 Å². The van der Waals surface area contributed by atoms with Crippen molar-refractivity contribution < 1.29 is 18.7 Å². The maximum atomic E-state index is 11.9. The number of allylic oxidation sites excluding steroid dienone is 2. The molecule has 2 aromatic heterocycles. The van der Waals surface area contributed by atoms with Gasteiger partial charge in [-0.1, -0.05) is 18.6 Å². The van der Waals surface area contributed by atoms with Gasteiger partial charge in [0.1, 0.15) is 11.9 Å². The lowest BCUT2D eigenvalue weighted by Crippen LogP contribution is -2.29. The third kappa shape index (κ3) is 8.63. The van der Waals surface area contributed by atoms with E-state index < -0.39 is 11.5 Å². The maximum absolute atomic E-state index is 11.9. The zero-order chi connectivity index (χ0) is 21.2. The molecule has 3 atom stereocenters. The maximum Gasteiger partial charge on any atom is 0.163 e. The van der Waals surface area contributed by atoms with Gasteiger partial charge in [0.2, 0.25) is 0 Å². The van der Waals surface area contributed by atoms with E-state index >= 15 is 0 Å². The zero-order valence-electron chi connectivity index (χ0n) is 17.7. The van der Waals surface area contributed by atoms with Crippen LogP contribution in [0.5, 0.6) is 0 Å². The van der Waals surface area contributed by atoms with Crippen LogP contribution in [0.1, 0.15) is 69.8 Å². The first-order valence-electron chi connectivity index (χ1n) is 10.4. The van der Waals surface area contributed by atoms with Gasteiger partial charge < -0.3 is 13.9 Å². The van der Waals surface area contributed by atoms with Gasteiger partial charge in [-0.05, 0) is 75.1 Å². The Balaban J connectivity index is 1.63. The lowest BCUT2D eigenvalue weighted by Gasteiger charge is -2.15. The van der Waals surface area contributed by atoms with Crippen LogP contribution in [0.15, 0.2) is 51.4 Å². The second-order valence-electron chi connectivity index (χ2n) is 8.11. The first kappa shape index (κ1) is 23.5. The standard InChI is InChI=1S/C24H33ClO4/c1-17(6-4-8-18(2)12-23(26)24(27)19(3)25)7-5-9-20-13-22(29-16-20)14-21-10-11-28-15-21/h7,10-11,13,15-16,18-19,24,27H,4-6,8-9,12,14H2,1-3H3. The van der Waals surface area contributed by atoms with Crippen LogP contribution >= 0.6 is 11.6 Å². The van der Waals surface area contributed by atoms with E-state index in [1.807, 2.05) is 12.3 Å². The molecule has 0 aliphatic carbocycles. The van der Waals surface area contributed by atoms with Gasteiger partial charge in [-0.2, -0.15) is 0 Å². The SMILES string of the molecule is CC(=CCCc1coc(Cc2ccoc2)c1)CCCC(C)CC(=O)C(O)C(C)Cl. The average Bonchev–Trinajstić information content (AvgIpc) is 3.33. The first-order valence-corrected chi connectivity index (χ1v) is 10.9. The number of aliphatic hydroxyl groups is 1. The molecule has 5 heteroatoms. The number of hydrogen-bond acceptors (Lipinski definition) is 4. The molecule has 0 aliphatic rings. The van der Waals surface area contributed by atoms with E-state index in [4.69, 9.17) is 20.4 Å². The molecule has 2 rings (SSSR count). The Bertz CT molecular complexity index is 758. The number of aryl methyl sites for hydroxylation is 1. The van der Waals surface area contributed by atoms with Gasteiger partial charge in [-0.3, -0.25) is 4.79 Å². The van der Waals surface area contributed by atoms with Crippen molar-refractivity contribution >= 4 is 17.4 Å². The number of aliphatic hydroxyl groups excluding tert-OH is 1. The van der Waals surface area contributed by atoms with Crippen molar-refractivity contribution in [3.63, 3.8) is 0 Å². The fourth-order valence-electron chi connectivity index (χ4n) is 3.38. The Morgan fingerprint density at radius 3 is 2.76 bits per heavy atom. The van der Waals surface area contributed by atoms with Gasteiger partial charge in [0.15, 0.2) is 5.78 Å². The summed E-state index contributed by atoms with van der Waals surface area (Å²) in [6, 6.07) is 4.07. The van der Waals surface area contributed by atoms with Gasteiger partial charge in [-0.15, -0.1) is 11.6 Å². The highest BCUT2D eigenvalue weighted by atomic mass is 35.5. The molecular weight excluding hydrogens is 388 g/mol. The number of furan rings is 2. The average molecular weight is 421 g/mol. The lowest BCUT2D eigenvalue weighted by atomic mass is 9.94. The summed E-state index contributed by atoms with van der Waals surface area (Å²) in [4.78, 5) is 11.9. The molecule has 3 unspecified atom stereocenters. The Morgan fingerprint density at radius 2 is 2.07 bits per heavy atom. The summed E-state index contributed by atoms with van der Waals surface area (Å²) < 4.78 is 10.7. The summed E-state index contributed by atoms with van der Waals surface area (Å²) in [7, 11) is 0. The molecule has 0 bridgehead atoms. The van der Waals surface area contributed by atoms with Crippen molar-refractivity contribution in [3.05, 3.63) is 59.5 Å². The molecule has 0 aromatic carbocycles. The summed E-state index contributed by atoms with van der Waals surface area (Å²) in [5.74, 6) is 1.07. The number of carbonyl (C=O) groups excluding carboxylic acids is 1. The van der Waals surface area contributed by atoms with Crippen molar-refractivity contribution in [2.24, 2.45) is 5.92 Å². The third-order valence-electron chi connectivity index (χ3n) is 5.17. The van der Waals surface area contributed by atoms with Crippen molar-refractivity contribution in [2.75, 3.05) is 0 Å². The molecule has 0 spiro atoms. The Morgan fingerprint density at radius 1 is 1.28 bits per heavy atom. The van der Waals surface area contributed by atoms with Gasteiger partial charge in [-0.25, -0.2) is 0 Å². The minimum absolute atomic E-state index is 0.153. The van der Waals surface area contributed by atoms with Crippen LogP contribution in [-0.2, 0) is 17.6 Å². The predicted molar refractivity (Wildman–Crippen MR) is 116 cm³/mol. The Labute approximate surface area is 178 Å². The topological polar surface area (TPSA) is 63.6 Å². The molecule has 160 valence electrons. The van der Waals surface area contributed by atoms with E-state index in [0.717, 1.165) is 49.8 Å². The van der Waals surface area contributed by atoms with Crippen LogP contribution in [0, 0.1) is 5.92 Å². The van der Waals surface area contributed by atoms with Crippen molar-refractivity contribution in [3.8, 4) is 0 Å². The molecule has 0 amide bonds. The lowest BCUT2D eigenvalue weighted by molar-refractivity contribution is -0.127. The number of halogens is 1. The second-order valence-corrected chi connectivity index (χ2v) is 8.80. The minimum atomic E-state index is -1.05. The number of rotatable bonds is 13. The highest BCUT2D eigenvalue weighted by molar-refractivity contribution is 6.22. The monoisotopic (exact) mass is 420 g/mol. The summed E-state index contributed by atoms with van der Waals surface area (Å²) in [5.41, 5.74) is 3.70. The van der Waals surface area contributed by atoms with E-state index in [-0.39, 0.29) is 11.7 Å². The molecule has 4 nitrogen and oxygen atoms in total. The first-order chi connectivity index (χ1) is 13.8. The summed E-state index contributed by atoms with van der Waals surface area (Å²) in [6.07, 6.45) is 12.6. The molecule has 0 fully saturated rings. The third-order valence-corrected chi connectivity index (χ3v) is 5.41. The number of ketones is 1. The Hall–Kier alpha value is -1.78. The normalized spacial score (nSPS) is 15.3. The smallest absolute Gasteiger partial charge is 0.163 e. The van der Waals surface area contributed by atoms with Crippen LogP contribution in [0.3, 0.4) is 0 Å². The molecule has 0 saturated carbocycles. The van der Waals surface area contributed by atoms with E-state index in [9.17, 15) is 9.90 Å². The zero-order valence-corrected chi connectivity index (χ0v) is 18.5. The van der Waals surface area contributed by atoms with Crippen LogP contribution in [0.25, 0.3) is 0 Å². The van der Waals surface area contributed by atoms with Crippen molar-refractivity contribution in [1.29, 1.82) is 0 Å². The highest BCUT2D eigenvalue weighted by Crippen LogP contribution is 2.19. The fourth-order valence-corrected chi connectivity index (χ4v) is 3.52. The van der Waals surface area contributed by atoms with E-state index in [1.54, 1.807) is 19.5 Å². The van der Waals surface area contributed by atoms with Gasteiger partial charge in [0, 0.05) is 12.8 Å². The second kappa shape index (κ2) is 12.0. The van der Waals surface area contributed by atoms with E-state index in [2.05, 4.69) is 26.0 Å². The van der Waals surface area contributed by atoms with Crippen LogP contribution < -0.4 is 0 Å².